The minimum Gasteiger partial charge on any atom is -0.368 e. The van der Waals surface area contributed by atoms with Gasteiger partial charge in [-0.2, -0.15) is 4.98 Å². The molecule has 2 N–H and O–H groups in total. The Morgan fingerprint density at radius 1 is 1.06 bits per heavy atom. The van der Waals surface area contributed by atoms with Crippen molar-refractivity contribution in [2.45, 2.75) is 95.1 Å². The predicted octanol–water partition coefficient (Wildman–Crippen LogP) is 3.86. The van der Waals surface area contributed by atoms with Gasteiger partial charge >= 0.3 is 0 Å². The number of pyridine rings is 1. The molecule has 1 aliphatic heterocycles. The van der Waals surface area contributed by atoms with E-state index in [2.05, 4.69) is 20.4 Å². The molecule has 0 radical (unpaired) electrons. The number of rotatable bonds is 4. The molecule has 2 fully saturated rings. The van der Waals surface area contributed by atoms with Crippen molar-refractivity contribution >= 4 is 5.91 Å². The molecule has 0 spiro atoms. The van der Waals surface area contributed by atoms with E-state index >= 15 is 0 Å². The number of aryl methyl sites for hydroxylation is 2. The summed E-state index contributed by atoms with van der Waals surface area (Å²) in [6, 6.07) is 1.80. The van der Waals surface area contributed by atoms with Gasteiger partial charge in [-0.1, -0.05) is 37.3 Å². The van der Waals surface area contributed by atoms with Gasteiger partial charge in [-0.05, 0) is 63.0 Å². The molecule has 5 rings (SSSR count). The van der Waals surface area contributed by atoms with Crippen molar-refractivity contribution in [2.75, 3.05) is 6.61 Å². The van der Waals surface area contributed by atoms with Crippen LogP contribution in [0.2, 0.25) is 0 Å². The van der Waals surface area contributed by atoms with Crippen LogP contribution >= 0.6 is 0 Å². The van der Waals surface area contributed by atoms with Crippen LogP contribution in [-0.2, 0) is 23.1 Å². The van der Waals surface area contributed by atoms with Gasteiger partial charge in [-0.25, -0.2) is 0 Å². The molecule has 0 aromatic carbocycles. The second-order valence-electron chi connectivity index (χ2n) is 9.48. The molecule has 0 bridgehead atoms. The number of amides is 1. The molecule has 1 amide bonds. The molecule has 1 saturated heterocycles. The molecule has 8 heteroatoms. The number of hydrogen-bond acceptors (Lipinski definition) is 6. The summed E-state index contributed by atoms with van der Waals surface area (Å²) < 4.78 is 11.3. The van der Waals surface area contributed by atoms with Gasteiger partial charge in [0.25, 0.3) is 17.4 Å². The quantitative estimate of drug-likeness (QED) is 0.552. The fraction of sp³-hybridized carbons (Fsp3) is 0.667. The monoisotopic (exact) mass is 440 g/mol. The van der Waals surface area contributed by atoms with Gasteiger partial charge in [0.05, 0.1) is 0 Å². The number of nitrogens with one attached hydrogen (secondary N) is 2. The first-order chi connectivity index (χ1) is 15.6. The maximum Gasteiger partial charge on any atom is 0.261 e. The third-order valence-electron chi connectivity index (χ3n) is 7.22. The fourth-order valence-electron chi connectivity index (χ4n) is 5.37. The van der Waals surface area contributed by atoms with Crippen LogP contribution in [0, 0.1) is 0 Å². The summed E-state index contributed by atoms with van der Waals surface area (Å²) in [6.07, 6.45) is 12.3. The summed E-state index contributed by atoms with van der Waals surface area (Å²) in [7, 11) is 0. The van der Waals surface area contributed by atoms with E-state index in [0.717, 1.165) is 94.7 Å². The Labute approximate surface area is 187 Å². The Hall–Kier alpha value is -2.48. The van der Waals surface area contributed by atoms with E-state index in [-0.39, 0.29) is 23.1 Å². The number of carbonyl (C=O) groups is 1. The van der Waals surface area contributed by atoms with Crippen LogP contribution < -0.4 is 10.9 Å². The maximum absolute atomic E-state index is 13.4. The zero-order valence-electron chi connectivity index (χ0n) is 18.6. The average molecular weight is 441 g/mol. The molecule has 2 aromatic heterocycles. The van der Waals surface area contributed by atoms with E-state index in [9.17, 15) is 9.59 Å². The zero-order valence-corrected chi connectivity index (χ0v) is 18.6. The van der Waals surface area contributed by atoms with Crippen molar-refractivity contribution in [1.29, 1.82) is 0 Å². The first-order valence-corrected chi connectivity index (χ1v) is 12.2. The second kappa shape index (κ2) is 9.17. The molecule has 172 valence electrons. The molecule has 1 atom stereocenters. The summed E-state index contributed by atoms with van der Waals surface area (Å²) in [4.78, 5) is 33.9. The lowest BCUT2D eigenvalue weighted by atomic mass is 9.88. The van der Waals surface area contributed by atoms with E-state index in [0.29, 0.717) is 18.3 Å². The molecule has 32 heavy (non-hydrogen) atoms. The second-order valence-corrected chi connectivity index (χ2v) is 9.48. The van der Waals surface area contributed by atoms with Crippen LogP contribution in [0.4, 0.5) is 0 Å². The summed E-state index contributed by atoms with van der Waals surface area (Å²) in [6.45, 7) is 0.700. The summed E-state index contributed by atoms with van der Waals surface area (Å²) in [5, 5.41) is 7.47. The smallest absolute Gasteiger partial charge is 0.261 e. The Morgan fingerprint density at radius 3 is 2.62 bits per heavy atom. The summed E-state index contributed by atoms with van der Waals surface area (Å²) >= 11 is 0. The Kier molecular flexibility index (Phi) is 6.13. The van der Waals surface area contributed by atoms with Crippen LogP contribution in [0.25, 0.3) is 0 Å². The fourth-order valence-corrected chi connectivity index (χ4v) is 5.37. The van der Waals surface area contributed by atoms with E-state index in [1.165, 1.54) is 0 Å². The molecule has 3 heterocycles. The minimum absolute atomic E-state index is 0.165. The molecule has 0 unspecified atom stereocenters. The van der Waals surface area contributed by atoms with Gasteiger partial charge in [-0.3, -0.25) is 9.59 Å². The Balaban J connectivity index is 1.45. The highest BCUT2D eigenvalue weighted by atomic mass is 16.5. The maximum atomic E-state index is 13.4. The van der Waals surface area contributed by atoms with Crippen molar-refractivity contribution in [3.63, 3.8) is 0 Å². The highest BCUT2D eigenvalue weighted by Gasteiger charge is 2.40. The number of H-pyrrole nitrogens is 1. The van der Waals surface area contributed by atoms with Crippen molar-refractivity contribution < 1.29 is 14.1 Å². The lowest BCUT2D eigenvalue weighted by molar-refractivity contribution is 0.0833. The van der Waals surface area contributed by atoms with Crippen LogP contribution in [0.15, 0.2) is 15.4 Å². The molecule has 2 aliphatic carbocycles. The number of carbonyl (C=O) groups excluding carboxylic acids is 1. The first kappa shape index (κ1) is 21.4. The number of aromatic nitrogens is 3. The van der Waals surface area contributed by atoms with Crippen molar-refractivity contribution in [2.24, 2.45) is 0 Å². The van der Waals surface area contributed by atoms with Crippen LogP contribution in [-0.4, -0.2) is 27.6 Å². The van der Waals surface area contributed by atoms with Gasteiger partial charge in [0, 0.05) is 12.3 Å². The SMILES string of the molecule is O=C(NC1(c2noc([C@H]3CCCO3)n2)CCCCCC1)c1cc2c([nH]c1=O)CCCCC2. The Bertz CT molecular complexity index is 1010. The van der Waals surface area contributed by atoms with Crippen molar-refractivity contribution in [1.82, 2.24) is 20.4 Å². The normalized spacial score (nSPS) is 23.2. The number of nitrogens with zero attached hydrogens (tertiary/aromatic N) is 2. The molecule has 3 aliphatic rings. The van der Waals surface area contributed by atoms with Gasteiger partial charge in [0.2, 0.25) is 0 Å². The average Bonchev–Trinajstić information content (AvgIpc) is 3.38. The zero-order chi connectivity index (χ0) is 22.0. The molecular weight excluding hydrogens is 408 g/mol. The molecular formula is C24H32N4O4. The van der Waals surface area contributed by atoms with Crippen LogP contribution in [0.3, 0.4) is 0 Å². The number of fused-ring (bicyclic) bond motifs is 1. The molecule has 8 nitrogen and oxygen atoms in total. The molecule has 2 aromatic rings. The van der Waals surface area contributed by atoms with E-state index in [1.54, 1.807) is 6.07 Å². The predicted molar refractivity (Wildman–Crippen MR) is 117 cm³/mol. The summed E-state index contributed by atoms with van der Waals surface area (Å²) in [5.74, 6) is 0.631. The van der Waals surface area contributed by atoms with Crippen LogP contribution in [0.5, 0.6) is 0 Å². The van der Waals surface area contributed by atoms with E-state index in [1.807, 2.05) is 0 Å². The number of aromatic amines is 1. The topological polar surface area (TPSA) is 110 Å². The highest BCUT2D eigenvalue weighted by molar-refractivity contribution is 5.94. The Morgan fingerprint density at radius 2 is 1.84 bits per heavy atom. The van der Waals surface area contributed by atoms with Crippen molar-refractivity contribution in [3.8, 4) is 0 Å². The lowest BCUT2D eigenvalue weighted by Crippen LogP contribution is -2.47. The van der Waals surface area contributed by atoms with Crippen molar-refractivity contribution in [3.05, 3.63) is 45.0 Å². The van der Waals surface area contributed by atoms with E-state index in [4.69, 9.17) is 9.26 Å². The standard InChI is InChI=1S/C24H32N4O4/c29-20-17(15-16-9-4-3-5-10-18(16)25-20)21(30)27-24(12-6-1-2-7-13-24)23-26-22(32-28-23)19-11-8-14-31-19/h15,19H,1-14H2,(H,25,29)(H,27,30)/t19-/m1/s1. The van der Waals surface area contributed by atoms with Gasteiger partial charge < -0.3 is 19.6 Å². The third kappa shape index (κ3) is 4.25. The third-order valence-corrected chi connectivity index (χ3v) is 7.22. The van der Waals surface area contributed by atoms with Crippen LogP contribution in [0.1, 0.15) is 110 Å². The lowest BCUT2D eigenvalue weighted by Gasteiger charge is -2.30. The largest absolute Gasteiger partial charge is 0.368 e. The van der Waals surface area contributed by atoms with Gasteiger partial charge in [0.15, 0.2) is 5.82 Å². The number of ether oxygens (including phenoxy) is 1. The highest BCUT2D eigenvalue weighted by Crippen LogP contribution is 2.36. The summed E-state index contributed by atoms with van der Waals surface area (Å²) in [5.41, 5.74) is 1.19. The van der Waals surface area contributed by atoms with Gasteiger partial charge in [-0.15, -0.1) is 0 Å². The minimum atomic E-state index is -0.729. The number of hydrogen-bond donors (Lipinski definition) is 2. The van der Waals surface area contributed by atoms with E-state index < -0.39 is 5.54 Å². The molecule has 1 saturated carbocycles. The first-order valence-electron chi connectivity index (χ1n) is 12.2. The van der Waals surface area contributed by atoms with Gasteiger partial charge in [0.1, 0.15) is 17.2 Å².